The van der Waals surface area contributed by atoms with Crippen LogP contribution in [0.5, 0.6) is 5.75 Å². The van der Waals surface area contributed by atoms with Crippen molar-refractivity contribution in [1.82, 2.24) is 4.90 Å². The first-order valence-electron chi connectivity index (χ1n) is 6.44. The number of hydrogen-bond acceptors (Lipinski definition) is 4. The predicted molar refractivity (Wildman–Crippen MR) is 74.3 cm³/mol. The molecule has 0 bridgehead atoms. The van der Waals surface area contributed by atoms with E-state index in [1.165, 1.54) is 11.1 Å². The van der Waals surface area contributed by atoms with Gasteiger partial charge in [-0.1, -0.05) is 12.1 Å². The summed E-state index contributed by atoms with van der Waals surface area (Å²) in [4.78, 5) is 16.3. The first-order valence-corrected chi connectivity index (χ1v) is 6.44. The Kier molecular flexibility index (Phi) is 3.94. The quantitative estimate of drug-likeness (QED) is 0.727. The fourth-order valence-electron chi connectivity index (χ4n) is 2.25. The number of nitrogens with zero attached hydrogens (tertiary/aromatic N) is 2. The van der Waals surface area contributed by atoms with Crippen molar-refractivity contribution in [3.05, 3.63) is 29.8 Å². The SMILES string of the molecule is CC(N=Cc1ccccc1O)C1(O)CCN(C(=O)O)C1. The lowest BCUT2D eigenvalue weighted by Gasteiger charge is -2.26. The van der Waals surface area contributed by atoms with Crippen LogP contribution in [0.1, 0.15) is 18.9 Å². The number of aromatic hydroxyl groups is 1. The molecular formula is C14H18N2O4. The molecule has 1 aliphatic heterocycles. The van der Waals surface area contributed by atoms with Gasteiger partial charge in [-0.3, -0.25) is 4.99 Å². The highest BCUT2D eigenvalue weighted by Gasteiger charge is 2.42. The summed E-state index contributed by atoms with van der Waals surface area (Å²) in [6.45, 7) is 2.10. The smallest absolute Gasteiger partial charge is 0.407 e. The van der Waals surface area contributed by atoms with Gasteiger partial charge in [0, 0.05) is 18.3 Å². The number of carbonyl (C=O) groups is 1. The molecule has 0 aromatic heterocycles. The topological polar surface area (TPSA) is 93.4 Å². The Hall–Kier alpha value is -2.08. The van der Waals surface area contributed by atoms with Gasteiger partial charge in [-0.2, -0.15) is 0 Å². The van der Waals surface area contributed by atoms with E-state index in [1.54, 1.807) is 31.2 Å². The van der Waals surface area contributed by atoms with Crippen molar-refractivity contribution < 1.29 is 20.1 Å². The van der Waals surface area contributed by atoms with Gasteiger partial charge in [0.15, 0.2) is 0 Å². The Bertz CT molecular complexity index is 532. The van der Waals surface area contributed by atoms with Crippen LogP contribution in [0.3, 0.4) is 0 Å². The molecule has 1 heterocycles. The van der Waals surface area contributed by atoms with Gasteiger partial charge in [0.25, 0.3) is 0 Å². The van der Waals surface area contributed by atoms with Crippen LogP contribution in [-0.4, -0.2) is 57.3 Å². The summed E-state index contributed by atoms with van der Waals surface area (Å²) in [7, 11) is 0. The number of carboxylic acid groups (broad SMARTS) is 1. The molecule has 0 spiro atoms. The fourth-order valence-corrected chi connectivity index (χ4v) is 2.25. The summed E-state index contributed by atoms with van der Waals surface area (Å²) >= 11 is 0. The molecule has 2 unspecified atom stereocenters. The first-order chi connectivity index (χ1) is 9.42. The zero-order valence-electron chi connectivity index (χ0n) is 11.2. The first kappa shape index (κ1) is 14.3. The largest absolute Gasteiger partial charge is 0.507 e. The van der Waals surface area contributed by atoms with E-state index in [-0.39, 0.29) is 12.3 Å². The molecule has 6 heteroatoms. The minimum Gasteiger partial charge on any atom is -0.507 e. The second-order valence-corrected chi connectivity index (χ2v) is 5.07. The number of likely N-dealkylation sites (tertiary alicyclic amines) is 1. The summed E-state index contributed by atoms with van der Waals surface area (Å²) < 4.78 is 0. The fraction of sp³-hybridized carbons (Fsp3) is 0.429. The van der Waals surface area contributed by atoms with E-state index in [9.17, 15) is 15.0 Å². The van der Waals surface area contributed by atoms with Crippen molar-refractivity contribution in [3.63, 3.8) is 0 Å². The second kappa shape index (κ2) is 5.50. The molecule has 108 valence electrons. The normalized spacial score (nSPS) is 24.2. The third kappa shape index (κ3) is 2.91. The van der Waals surface area contributed by atoms with Gasteiger partial charge < -0.3 is 20.2 Å². The average molecular weight is 278 g/mol. The van der Waals surface area contributed by atoms with E-state index >= 15 is 0 Å². The van der Waals surface area contributed by atoms with Crippen LogP contribution in [0, 0.1) is 0 Å². The highest BCUT2D eigenvalue weighted by Crippen LogP contribution is 2.27. The maximum Gasteiger partial charge on any atom is 0.407 e. The van der Waals surface area contributed by atoms with Gasteiger partial charge in [-0.25, -0.2) is 4.79 Å². The van der Waals surface area contributed by atoms with Gasteiger partial charge in [0.1, 0.15) is 11.4 Å². The van der Waals surface area contributed by atoms with Crippen LogP contribution in [0.4, 0.5) is 4.79 Å². The lowest BCUT2D eigenvalue weighted by atomic mass is 9.95. The van der Waals surface area contributed by atoms with Gasteiger partial charge >= 0.3 is 6.09 Å². The van der Waals surface area contributed by atoms with Crippen LogP contribution in [0.2, 0.25) is 0 Å². The average Bonchev–Trinajstić information content (AvgIpc) is 2.82. The number of amides is 1. The zero-order valence-corrected chi connectivity index (χ0v) is 11.2. The molecular weight excluding hydrogens is 260 g/mol. The number of aliphatic hydroxyl groups is 1. The van der Waals surface area contributed by atoms with Gasteiger partial charge in [-0.15, -0.1) is 0 Å². The summed E-state index contributed by atoms with van der Waals surface area (Å²) in [6.07, 6.45) is 0.831. The van der Waals surface area contributed by atoms with Gasteiger partial charge in [0.05, 0.1) is 12.6 Å². The Labute approximate surface area is 117 Å². The summed E-state index contributed by atoms with van der Waals surface area (Å²) in [6, 6.07) is 6.32. The minimum atomic E-state index is -1.15. The Morgan fingerprint density at radius 2 is 2.20 bits per heavy atom. The number of β-amino-alcohol motifs (C(OH)–C–C–N with tert-alkyl or cyclic N) is 1. The van der Waals surface area contributed by atoms with Crippen LogP contribution >= 0.6 is 0 Å². The molecule has 20 heavy (non-hydrogen) atoms. The van der Waals surface area contributed by atoms with E-state index in [0.29, 0.717) is 18.5 Å². The van der Waals surface area contributed by atoms with E-state index < -0.39 is 17.7 Å². The molecule has 3 N–H and O–H groups in total. The van der Waals surface area contributed by atoms with Crippen molar-refractivity contribution in [3.8, 4) is 5.75 Å². The molecule has 0 radical (unpaired) electrons. The third-order valence-corrected chi connectivity index (χ3v) is 3.70. The van der Waals surface area contributed by atoms with E-state index in [1.807, 2.05) is 0 Å². The molecule has 1 amide bonds. The Morgan fingerprint density at radius 1 is 1.50 bits per heavy atom. The molecule has 2 rings (SSSR count). The third-order valence-electron chi connectivity index (χ3n) is 3.70. The van der Waals surface area contributed by atoms with Crippen molar-refractivity contribution in [2.45, 2.75) is 25.0 Å². The number of phenolic OH excluding ortho intramolecular Hbond substituents is 1. The number of phenols is 1. The van der Waals surface area contributed by atoms with E-state index in [2.05, 4.69) is 4.99 Å². The number of rotatable bonds is 3. The lowest BCUT2D eigenvalue weighted by molar-refractivity contribution is 0.0302. The number of aliphatic imine (C=N–C) groups is 1. The molecule has 1 fully saturated rings. The van der Waals surface area contributed by atoms with Crippen LogP contribution in [0.25, 0.3) is 0 Å². The van der Waals surface area contributed by atoms with Crippen LogP contribution < -0.4 is 0 Å². The monoisotopic (exact) mass is 278 g/mol. The van der Waals surface area contributed by atoms with Crippen molar-refractivity contribution >= 4 is 12.3 Å². The standard InChI is InChI=1S/C14H18N2O4/c1-10(14(20)6-7-16(9-14)13(18)19)15-8-11-4-2-3-5-12(11)17/h2-5,8,10,17,20H,6-7,9H2,1H3,(H,18,19). The molecule has 1 aliphatic rings. The number of benzene rings is 1. The van der Waals surface area contributed by atoms with Crippen molar-refractivity contribution in [2.75, 3.05) is 13.1 Å². The van der Waals surface area contributed by atoms with E-state index in [0.717, 1.165) is 0 Å². The second-order valence-electron chi connectivity index (χ2n) is 5.07. The molecule has 2 atom stereocenters. The number of para-hydroxylation sites is 1. The maximum absolute atomic E-state index is 10.9. The summed E-state index contributed by atoms with van der Waals surface area (Å²) in [5.41, 5.74) is -0.588. The van der Waals surface area contributed by atoms with Gasteiger partial charge in [0.2, 0.25) is 0 Å². The number of hydrogen-bond donors (Lipinski definition) is 3. The lowest BCUT2D eigenvalue weighted by Crippen LogP contribution is -2.43. The maximum atomic E-state index is 10.9. The molecule has 1 saturated heterocycles. The molecule has 1 aromatic carbocycles. The van der Waals surface area contributed by atoms with Crippen LogP contribution in [0.15, 0.2) is 29.3 Å². The predicted octanol–water partition coefficient (Wildman–Crippen LogP) is 1.31. The van der Waals surface area contributed by atoms with E-state index in [4.69, 9.17) is 5.11 Å². The molecule has 0 aliphatic carbocycles. The van der Waals surface area contributed by atoms with Crippen molar-refractivity contribution in [1.29, 1.82) is 0 Å². The Morgan fingerprint density at radius 3 is 2.80 bits per heavy atom. The minimum absolute atomic E-state index is 0.0572. The van der Waals surface area contributed by atoms with Crippen LogP contribution in [-0.2, 0) is 0 Å². The molecule has 6 nitrogen and oxygen atoms in total. The Balaban J connectivity index is 2.07. The van der Waals surface area contributed by atoms with Gasteiger partial charge in [-0.05, 0) is 25.5 Å². The molecule has 1 aromatic rings. The molecule has 0 saturated carbocycles. The highest BCUT2D eigenvalue weighted by atomic mass is 16.4. The summed E-state index contributed by atoms with van der Waals surface area (Å²) in [5.74, 6) is 0.119. The zero-order chi connectivity index (χ0) is 14.8. The highest BCUT2D eigenvalue weighted by molar-refractivity contribution is 5.83. The summed E-state index contributed by atoms with van der Waals surface area (Å²) in [5, 5.41) is 29.0. The van der Waals surface area contributed by atoms with Crippen molar-refractivity contribution in [2.24, 2.45) is 4.99 Å².